The smallest absolute Gasteiger partial charge is 0.262 e. The number of hydrogen-bond donors (Lipinski definition) is 1. The van der Waals surface area contributed by atoms with Crippen LogP contribution >= 0.6 is 11.8 Å². The van der Waals surface area contributed by atoms with E-state index in [9.17, 15) is 4.79 Å². The molecule has 8 heteroatoms. The van der Waals surface area contributed by atoms with Crippen LogP contribution in [-0.4, -0.2) is 29.1 Å². The van der Waals surface area contributed by atoms with Crippen molar-refractivity contribution in [2.75, 3.05) is 0 Å². The molecule has 27 heavy (non-hydrogen) atoms. The number of rotatable bonds is 4. The van der Waals surface area contributed by atoms with Crippen LogP contribution < -0.4 is 5.56 Å². The van der Waals surface area contributed by atoms with Crippen molar-refractivity contribution >= 4 is 28.4 Å². The van der Waals surface area contributed by atoms with Gasteiger partial charge in [0.05, 0.1) is 17.6 Å². The Balaban J connectivity index is 1.49. The zero-order valence-corrected chi connectivity index (χ0v) is 14.9. The van der Waals surface area contributed by atoms with Crippen LogP contribution in [0, 0.1) is 0 Å². The zero-order chi connectivity index (χ0) is 18.2. The van der Waals surface area contributed by atoms with Crippen molar-refractivity contribution in [2.45, 2.75) is 10.9 Å². The molecule has 1 aromatic carbocycles. The molecule has 0 saturated heterocycles. The molecule has 5 rings (SSSR count). The molecule has 0 saturated carbocycles. The fourth-order valence-corrected chi connectivity index (χ4v) is 3.66. The third-order valence-corrected chi connectivity index (χ3v) is 5.09. The van der Waals surface area contributed by atoms with Gasteiger partial charge in [0, 0.05) is 18.1 Å². The van der Waals surface area contributed by atoms with E-state index < -0.39 is 0 Å². The Morgan fingerprint density at radius 1 is 1.04 bits per heavy atom. The number of nitrogens with zero attached hydrogens (tertiary/aromatic N) is 5. The minimum atomic E-state index is -0.195. The monoisotopic (exact) mass is 374 g/mol. The largest absolute Gasteiger partial charge is 0.307 e. The van der Waals surface area contributed by atoms with E-state index in [-0.39, 0.29) is 5.56 Å². The van der Waals surface area contributed by atoms with Crippen LogP contribution in [0.25, 0.3) is 22.4 Å². The van der Waals surface area contributed by atoms with Gasteiger partial charge in [0.15, 0.2) is 10.8 Å². The first-order valence-electron chi connectivity index (χ1n) is 8.37. The second-order valence-electron chi connectivity index (χ2n) is 5.99. The fourth-order valence-electron chi connectivity index (χ4n) is 2.92. The van der Waals surface area contributed by atoms with Gasteiger partial charge in [0.2, 0.25) is 0 Å². The Kier molecular flexibility index (Phi) is 3.75. The van der Waals surface area contributed by atoms with E-state index in [1.54, 1.807) is 10.9 Å². The summed E-state index contributed by atoms with van der Waals surface area (Å²) in [6, 6.07) is 15.5. The molecule has 0 aliphatic heterocycles. The number of imidazole rings is 1. The number of aromatic nitrogens is 6. The van der Waals surface area contributed by atoms with Gasteiger partial charge < -0.3 is 9.38 Å². The second kappa shape index (κ2) is 6.40. The molecule has 5 aromatic rings. The molecule has 0 amide bonds. The fraction of sp³-hybridized carbons (Fsp3) is 0.0526. The molecule has 1 N–H and O–H groups in total. The van der Waals surface area contributed by atoms with Gasteiger partial charge in [-0.05, 0) is 24.3 Å². The van der Waals surface area contributed by atoms with E-state index in [2.05, 4.69) is 20.1 Å². The maximum absolute atomic E-state index is 12.4. The Morgan fingerprint density at radius 3 is 2.74 bits per heavy atom. The summed E-state index contributed by atoms with van der Waals surface area (Å²) in [4.78, 5) is 24.4. The molecule has 0 spiro atoms. The topological polar surface area (TPSA) is 80.9 Å². The number of pyridine rings is 1. The van der Waals surface area contributed by atoms with Crippen LogP contribution in [-0.2, 0) is 5.75 Å². The van der Waals surface area contributed by atoms with E-state index in [0.717, 1.165) is 17.0 Å². The Labute approximate surface area is 157 Å². The number of para-hydroxylation sites is 1. The number of thioether (sulfide) groups is 1. The number of aromatic amines is 1. The van der Waals surface area contributed by atoms with Gasteiger partial charge >= 0.3 is 0 Å². The highest BCUT2D eigenvalue weighted by atomic mass is 32.2. The molecule has 0 fully saturated rings. The summed E-state index contributed by atoms with van der Waals surface area (Å²) >= 11 is 1.44. The standard InChI is InChI=1S/C19H14N6OS/c26-18-15-10-20-25(14-6-2-1-3-7-14)17(15)22-19(23-18)27-12-13-11-24-9-5-4-8-16(24)21-13/h1-11H,12H2,(H,22,23,26). The number of H-pyrrole nitrogens is 1. The molecule has 0 aliphatic carbocycles. The summed E-state index contributed by atoms with van der Waals surface area (Å²) in [5.74, 6) is 0.607. The molecule has 0 radical (unpaired) electrons. The SMILES string of the molecule is O=c1[nH]c(SCc2cn3ccccc3n2)nc2c1cnn2-c1ccccc1. The van der Waals surface area contributed by atoms with Crippen LogP contribution in [0.4, 0.5) is 0 Å². The maximum Gasteiger partial charge on any atom is 0.262 e. The lowest BCUT2D eigenvalue weighted by Gasteiger charge is -2.03. The average Bonchev–Trinajstić information content (AvgIpc) is 3.31. The van der Waals surface area contributed by atoms with Crippen molar-refractivity contribution in [1.82, 2.24) is 29.1 Å². The highest BCUT2D eigenvalue weighted by Gasteiger charge is 2.12. The van der Waals surface area contributed by atoms with Crippen molar-refractivity contribution < 1.29 is 0 Å². The Morgan fingerprint density at radius 2 is 1.89 bits per heavy atom. The quantitative estimate of drug-likeness (QED) is 0.386. The molecule has 4 heterocycles. The summed E-state index contributed by atoms with van der Waals surface area (Å²) < 4.78 is 3.65. The van der Waals surface area contributed by atoms with Gasteiger partial charge in [-0.3, -0.25) is 4.79 Å². The van der Waals surface area contributed by atoms with Gasteiger partial charge in [-0.25, -0.2) is 14.6 Å². The first kappa shape index (κ1) is 15.8. The number of benzene rings is 1. The van der Waals surface area contributed by atoms with Gasteiger partial charge in [0.25, 0.3) is 5.56 Å². The van der Waals surface area contributed by atoms with E-state index >= 15 is 0 Å². The van der Waals surface area contributed by atoms with E-state index in [1.165, 1.54) is 11.8 Å². The van der Waals surface area contributed by atoms with Crippen LogP contribution in [0.3, 0.4) is 0 Å². The lowest BCUT2D eigenvalue weighted by Crippen LogP contribution is -2.09. The molecular weight excluding hydrogens is 360 g/mol. The lowest BCUT2D eigenvalue weighted by molar-refractivity contribution is 0.872. The summed E-state index contributed by atoms with van der Waals surface area (Å²) in [5.41, 5.74) is 3.03. The van der Waals surface area contributed by atoms with Crippen molar-refractivity contribution in [1.29, 1.82) is 0 Å². The molecule has 132 valence electrons. The van der Waals surface area contributed by atoms with Gasteiger partial charge in [0.1, 0.15) is 11.0 Å². The van der Waals surface area contributed by atoms with E-state index in [1.807, 2.05) is 65.3 Å². The van der Waals surface area contributed by atoms with Crippen LogP contribution in [0.2, 0.25) is 0 Å². The predicted octanol–water partition coefficient (Wildman–Crippen LogP) is 3.05. The second-order valence-corrected chi connectivity index (χ2v) is 6.95. The lowest BCUT2D eigenvalue weighted by atomic mass is 10.3. The average molecular weight is 374 g/mol. The molecule has 0 unspecified atom stereocenters. The van der Waals surface area contributed by atoms with Crippen molar-refractivity contribution in [3.63, 3.8) is 0 Å². The van der Waals surface area contributed by atoms with Crippen molar-refractivity contribution in [3.05, 3.63) is 83.2 Å². The molecule has 0 aliphatic rings. The summed E-state index contributed by atoms with van der Waals surface area (Å²) in [6.45, 7) is 0. The predicted molar refractivity (Wildman–Crippen MR) is 104 cm³/mol. The molecule has 4 aromatic heterocycles. The Hall–Kier alpha value is -3.39. The third-order valence-electron chi connectivity index (χ3n) is 4.19. The number of nitrogens with one attached hydrogen (secondary N) is 1. The van der Waals surface area contributed by atoms with Crippen molar-refractivity contribution in [2.24, 2.45) is 0 Å². The molecule has 0 atom stereocenters. The highest BCUT2D eigenvalue weighted by Crippen LogP contribution is 2.21. The van der Waals surface area contributed by atoms with Crippen molar-refractivity contribution in [3.8, 4) is 5.69 Å². The van der Waals surface area contributed by atoms with Gasteiger partial charge in [-0.2, -0.15) is 5.10 Å². The normalized spacial score (nSPS) is 11.4. The summed E-state index contributed by atoms with van der Waals surface area (Å²) in [6.07, 6.45) is 5.49. The van der Waals surface area contributed by atoms with E-state index in [0.29, 0.717) is 21.9 Å². The summed E-state index contributed by atoms with van der Waals surface area (Å²) in [5, 5.41) is 5.34. The van der Waals surface area contributed by atoms with Crippen LogP contribution in [0.1, 0.15) is 5.69 Å². The minimum Gasteiger partial charge on any atom is -0.307 e. The number of hydrogen-bond acceptors (Lipinski definition) is 5. The Bertz CT molecular complexity index is 1270. The third kappa shape index (κ3) is 2.89. The van der Waals surface area contributed by atoms with Gasteiger partial charge in [-0.15, -0.1) is 0 Å². The molecular formula is C19H14N6OS. The zero-order valence-electron chi connectivity index (χ0n) is 14.1. The first-order chi connectivity index (χ1) is 13.3. The number of fused-ring (bicyclic) bond motifs is 2. The van der Waals surface area contributed by atoms with Crippen LogP contribution in [0.5, 0.6) is 0 Å². The summed E-state index contributed by atoms with van der Waals surface area (Å²) in [7, 11) is 0. The van der Waals surface area contributed by atoms with Crippen LogP contribution in [0.15, 0.2) is 77.1 Å². The maximum atomic E-state index is 12.4. The molecule has 7 nitrogen and oxygen atoms in total. The molecule has 0 bridgehead atoms. The minimum absolute atomic E-state index is 0.195. The first-order valence-corrected chi connectivity index (χ1v) is 9.35. The highest BCUT2D eigenvalue weighted by molar-refractivity contribution is 7.98. The van der Waals surface area contributed by atoms with E-state index in [4.69, 9.17) is 0 Å². The van der Waals surface area contributed by atoms with Gasteiger partial charge in [-0.1, -0.05) is 36.0 Å².